The van der Waals surface area contributed by atoms with E-state index in [0.29, 0.717) is 0 Å². The summed E-state index contributed by atoms with van der Waals surface area (Å²) in [7, 11) is 0. The van der Waals surface area contributed by atoms with Crippen molar-refractivity contribution < 1.29 is 0 Å². The normalized spacial score (nSPS) is 11.8. The van der Waals surface area contributed by atoms with Gasteiger partial charge in [0, 0.05) is 4.90 Å². The first kappa shape index (κ1) is 13.7. The Bertz CT molecular complexity index is 317. The van der Waals surface area contributed by atoms with Crippen molar-refractivity contribution in [3.8, 4) is 0 Å². The van der Waals surface area contributed by atoms with Gasteiger partial charge in [0.15, 0.2) is 0 Å². The van der Waals surface area contributed by atoms with Crippen LogP contribution in [0, 0.1) is 0 Å². The van der Waals surface area contributed by atoms with E-state index < -0.39 is 0 Å². The van der Waals surface area contributed by atoms with Crippen LogP contribution in [0.4, 0.5) is 0 Å². The third-order valence-corrected chi connectivity index (χ3v) is 3.99. The highest BCUT2D eigenvalue weighted by molar-refractivity contribution is 8.03. The molecule has 1 aromatic carbocycles. The minimum atomic E-state index is 1.16. The van der Waals surface area contributed by atoms with Gasteiger partial charge in [-0.2, -0.15) is 0 Å². The van der Waals surface area contributed by atoms with E-state index in [1.165, 1.54) is 28.2 Å². The lowest BCUT2D eigenvalue weighted by Gasteiger charge is -2.04. The summed E-state index contributed by atoms with van der Waals surface area (Å²) in [6.07, 6.45) is 6.85. The highest BCUT2D eigenvalue weighted by Crippen LogP contribution is 2.24. The summed E-state index contributed by atoms with van der Waals surface area (Å²) in [5.74, 6) is 1.16. The largest absolute Gasteiger partial charge is 0.131 e. The molecule has 0 fully saturated rings. The van der Waals surface area contributed by atoms with Crippen LogP contribution in [0.3, 0.4) is 0 Å². The minimum absolute atomic E-state index is 1.16. The molecule has 0 saturated carbocycles. The molecule has 0 bridgehead atoms. The number of thioether (sulfide) groups is 2. The molecule has 0 aliphatic carbocycles. The van der Waals surface area contributed by atoms with Gasteiger partial charge in [0.05, 0.1) is 0 Å². The fourth-order valence-electron chi connectivity index (χ4n) is 1.50. The number of allylic oxidation sites excluding steroid dienone is 1. The first-order valence-electron chi connectivity index (χ1n) is 5.77. The molecule has 0 aliphatic rings. The Kier molecular flexibility index (Phi) is 6.74. The van der Waals surface area contributed by atoms with Crippen LogP contribution in [0.2, 0.25) is 0 Å². The van der Waals surface area contributed by atoms with Crippen molar-refractivity contribution in [1.29, 1.82) is 0 Å². The summed E-state index contributed by atoms with van der Waals surface area (Å²) in [5.41, 5.74) is 1.32. The molecular formula is C14H20S2. The van der Waals surface area contributed by atoms with E-state index in [1.54, 1.807) is 11.8 Å². The van der Waals surface area contributed by atoms with Gasteiger partial charge in [0.2, 0.25) is 0 Å². The molecule has 0 saturated heterocycles. The number of rotatable bonds is 6. The Morgan fingerprint density at radius 2 is 1.88 bits per heavy atom. The van der Waals surface area contributed by atoms with Gasteiger partial charge in [-0.05, 0) is 47.1 Å². The molecule has 0 amide bonds. The SMILES string of the molecule is CCC/C(=C\c1ccc(SC)cc1)SCC. The lowest BCUT2D eigenvalue weighted by atomic mass is 10.2. The van der Waals surface area contributed by atoms with Gasteiger partial charge >= 0.3 is 0 Å². The molecule has 0 radical (unpaired) electrons. The van der Waals surface area contributed by atoms with Gasteiger partial charge < -0.3 is 0 Å². The average Bonchev–Trinajstić information content (AvgIpc) is 2.31. The summed E-state index contributed by atoms with van der Waals surface area (Å²) in [5, 5.41) is 0. The summed E-state index contributed by atoms with van der Waals surface area (Å²) in [6, 6.07) is 8.79. The van der Waals surface area contributed by atoms with E-state index in [2.05, 4.69) is 50.4 Å². The Balaban J connectivity index is 2.76. The first-order valence-corrected chi connectivity index (χ1v) is 7.98. The lowest BCUT2D eigenvalue weighted by Crippen LogP contribution is -1.80. The van der Waals surface area contributed by atoms with Gasteiger partial charge in [-0.15, -0.1) is 23.5 Å². The Hall–Kier alpha value is -0.340. The van der Waals surface area contributed by atoms with E-state index in [4.69, 9.17) is 0 Å². The van der Waals surface area contributed by atoms with E-state index in [-0.39, 0.29) is 0 Å². The molecule has 0 unspecified atom stereocenters. The second kappa shape index (κ2) is 7.86. The number of benzene rings is 1. The van der Waals surface area contributed by atoms with E-state index in [0.717, 1.165) is 5.75 Å². The second-order valence-corrected chi connectivity index (χ2v) is 5.84. The van der Waals surface area contributed by atoms with Crippen molar-refractivity contribution >= 4 is 29.6 Å². The van der Waals surface area contributed by atoms with Crippen LogP contribution in [-0.4, -0.2) is 12.0 Å². The zero-order chi connectivity index (χ0) is 11.8. The predicted molar refractivity (Wildman–Crippen MR) is 79.2 cm³/mol. The van der Waals surface area contributed by atoms with Gasteiger partial charge in [-0.3, -0.25) is 0 Å². The Labute approximate surface area is 108 Å². The maximum atomic E-state index is 2.32. The lowest BCUT2D eigenvalue weighted by molar-refractivity contribution is 0.951. The molecule has 0 spiro atoms. The summed E-state index contributed by atoms with van der Waals surface area (Å²) in [4.78, 5) is 2.83. The predicted octanol–water partition coefficient (Wildman–Crippen LogP) is 5.30. The van der Waals surface area contributed by atoms with Crippen LogP contribution in [0.1, 0.15) is 32.3 Å². The summed E-state index contributed by atoms with van der Waals surface area (Å²) < 4.78 is 0. The molecule has 0 nitrogen and oxygen atoms in total. The van der Waals surface area contributed by atoms with Crippen molar-refractivity contribution in [1.82, 2.24) is 0 Å². The number of hydrogen-bond acceptors (Lipinski definition) is 2. The van der Waals surface area contributed by atoms with Crippen molar-refractivity contribution in [3.05, 3.63) is 34.7 Å². The van der Waals surface area contributed by atoms with Crippen LogP contribution >= 0.6 is 23.5 Å². The molecule has 1 aromatic rings. The highest BCUT2D eigenvalue weighted by atomic mass is 32.2. The topological polar surface area (TPSA) is 0 Å². The van der Waals surface area contributed by atoms with Crippen molar-refractivity contribution in [3.63, 3.8) is 0 Å². The molecule has 0 atom stereocenters. The Morgan fingerprint density at radius 3 is 2.38 bits per heavy atom. The monoisotopic (exact) mass is 252 g/mol. The van der Waals surface area contributed by atoms with E-state index in [9.17, 15) is 0 Å². The molecule has 16 heavy (non-hydrogen) atoms. The van der Waals surface area contributed by atoms with E-state index >= 15 is 0 Å². The summed E-state index contributed by atoms with van der Waals surface area (Å²) >= 11 is 3.75. The van der Waals surface area contributed by atoms with Gasteiger partial charge in [0.25, 0.3) is 0 Å². The highest BCUT2D eigenvalue weighted by Gasteiger charge is 1.97. The maximum absolute atomic E-state index is 2.32. The van der Waals surface area contributed by atoms with Crippen molar-refractivity contribution in [2.45, 2.75) is 31.6 Å². The van der Waals surface area contributed by atoms with Gasteiger partial charge in [-0.25, -0.2) is 0 Å². The molecule has 88 valence electrons. The third kappa shape index (κ3) is 4.67. The van der Waals surface area contributed by atoms with Crippen molar-refractivity contribution in [2.75, 3.05) is 12.0 Å². The van der Waals surface area contributed by atoms with Crippen LogP contribution < -0.4 is 0 Å². The Morgan fingerprint density at radius 1 is 1.19 bits per heavy atom. The van der Waals surface area contributed by atoms with Crippen molar-refractivity contribution in [2.24, 2.45) is 0 Å². The minimum Gasteiger partial charge on any atom is -0.131 e. The molecule has 2 heteroatoms. The summed E-state index contributed by atoms with van der Waals surface area (Å²) in [6.45, 7) is 4.45. The number of hydrogen-bond donors (Lipinski definition) is 0. The van der Waals surface area contributed by atoms with Crippen LogP contribution in [0.15, 0.2) is 34.1 Å². The fourth-order valence-corrected chi connectivity index (χ4v) is 2.85. The maximum Gasteiger partial charge on any atom is 0.00695 e. The van der Waals surface area contributed by atoms with E-state index in [1.807, 2.05) is 11.8 Å². The van der Waals surface area contributed by atoms with Gasteiger partial charge in [-0.1, -0.05) is 32.4 Å². The fraction of sp³-hybridized carbons (Fsp3) is 0.429. The molecule has 1 rings (SSSR count). The zero-order valence-electron chi connectivity index (χ0n) is 10.3. The zero-order valence-corrected chi connectivity index (χ0v) is 12.0. The standard InChI is InChI=1S/C14H20S2/c1-4-6-14(16-5-2)11-12-7-9-13(15-3)10-8-12/h7-11H,4-6H2,1-3H3/b14-11+. The molecule has 0 aliphatic heterocycles. The van der Waals surface area contributed by atoms with Crippen LogP contribution in [-0.2, 0) is 0 Å². The smallest absolute Gasteiger partial charge is 0.00695 e. The molecule has 0 N–H and O–H groups in total. The molecule has 0 heterocycles. The average molecular weight is 252 g/mol. The van der Waals surface area contributed by atoms with Crippen LogP contribution in [0.25, 0.3) is 6.08 Å². The molecular weight excluding hydrogens is 232 g/mol. The second-order valence-electron chi connectivity index (χ2n) is 3.57. The molecule has 0 aromatic heterocycles. The van der Waals surface area contributed by atoms with Crippen LogP contribution in [0.5, 0.6) is 0 Å². The van der Waals surface area contributed by atoms with Gasteiger partial charge in [0.1, 0.15) is 0 Å². The quantitative estimate of drug-likeness (QED) is 0.630. The first-order chi connectivity index (χ1) is 7.80. The third-order valence-electron chi connectivity index (χ3n) is 2.27.